The maximum Gasteiger partial charge on any atom is 0.407 e. The number of nitrogens with zero attached hydrogens (tertiary/aromatic N) is 2. The molecule has 3 rings (SSSR count). The normalized spacial score (nSPS) is 19.7. The molecule has 0 unspecified atom stereocenters. The van der Waals surface area contributed by atoms with E-state index in [-0.39, 0.29) is 24.1 Å². The van der Waals surface area contributed by atoms with Crippen LogP contribution in [0.4, 0.5) is 4.79 Å². The Hall–Kier alpha value is -2.57. The van der Waals surface area contributed by atoms with Gasteiger partial charge in [0.15, 0.2) is 0 Å². The van der Waals surface area contributed by atoms with Gasteiger partial charge in [0, 0.05) is 31.7 Å². The van der Waals surface area contributed by atoms with Gasteiger partial charge in [-0.25, -0.2) is 9.78 Å². The van der Waals surface area contributed by atoms with Crippen molar-refractivity contribution >= 4 is 23.0 Å². The molecule has 0 saturated heterocycles. The second-order valence-electron chi connectivity index (χ2n) is 7.43. The SMILES string of the molecule is CC(C)NC(=O)O[C@@H]1CC[C@H](c2cnc3[nH]c(C(=O)N(C)C)cc3c2)C1. The smallest absolute Gasteiger partial charge is 0.407 e. The van der Waals surface area contributed by atoms with E-state index in [0.717, 1.165) is 30.2 Å². The number of hydrogen-bond acceptors (Lipinski definition) is 4. The van der Waals surface area contributed by atoms with Crippen molar-refractivity contribution < 1.29 is 14.3 Å². The van der Waals surface area contributed by atoms with Gasteiger partial charge < -0.3 is 19.9 Å². The Labute approximate surface area is 153 Å². The van der Waals surface area contributed by atoms with Crippen LogP contribution in [-0.4, -0.2) is 53.1 Å². The zero-order chi connectivity index (χ0) is 18.8. The van der Waals surface area contributed by atoms with Crippen molar-refractivity contribution in [1.29, 1.82) is 0 Å². The van der Waals surface area contributed by atoms with Gasteiger partial charge in [-0.3, -0.25) is 4.79 Å². The van der Waals surface area contributed by atoms with E-state index in [1.54, 1.807) is 14.1 Å². The fourth-order valence-corrected chi connectivity index (χ4v) is 3.38. The second kappa shape index (κ2) is 7.35. The zero-order valence-electron chi connectivity index (χ0n) is 15.7. The topological polar surface area (TPSA) is 87.3 Å². The number of aromatic amines is 1. The molecule has 2 atom stereocenters. The van der Waals surface area contributed by atoms with E-state index in [4.69, 9.17) is 4.74 Å². The third-order valence-corrected chi connectivity index (χ3v) is 4.66. The molecule has 2 N–H and O–H groups in total. The summed E-state index contributed by atoms with van der Waals surface area (Å²) < 4.78 is 5.50. The second-order valence-corrected chi connectivity index (χ2v) is 7.43. The van der Waals surface area contributed by atoms with E-state index in [9.17, 15) is 9.59 Å². The minimum Gasteiger partial charge on any atom is -0.446 e. The summed E-state index contributed by atoms with van der Waals surface area (Å²) in [6.45, 7) is 3.82. The van der Waals surface area contributed by atoms with Crippen molar-refractivity contribution in [1.82, 2.24) is 20.2 Å². The molecule has 26 heavy (non-hydrogen) atoms. The molecule has 0 radical (unpaired) electrons. The number of H-pyrrole nitrogens is 1. The van der Waals surface area contributed by atoms with Crippen LogP contribution in [0.25, 0.3) is 11.0 Å². The van der Waals surface area contributed by atoms with Crippen molar-refractivity contribution in [2.75, 3.05) is 14.1 Å². The molecule has 0 bridgehead atoms. The number of amides is 2. The first-order valence-electron chi connectivity index (χ1n) is 9.01. The van der Waals surface area contributed by atoms with Crippen molar-refractivity contribution in [3.63, 3.8) is 0 Å². The molecule has 2 heterocycles. The molecular formula is C19H26N4O3. The van der Waals surface area contributed by atoms with Crippen LogP contribution in [0.3, 0.4) is 0 Å². The van der Waals surface area contributed by atoms with E-state index in [0.29, 0.717) is 17.3 Å². The molecule has 1 saturated carbocycles. The molecule has 0 spiro atoms. The Morgan fingerprint density at radius 3 is 2.77 bits per heavy atom. The van der Waals surface area contributed by atoms with E-state index >= 15 is 0 Å². The number of hydrogen-bond donors (Lipinski definition) is 2. The van der Waals surface area contributed by atoms with Crippen LogP contribution in [0.2, 0.25) is 0 Å². The van der Waals surface area contributed by atoms with Gasteiger partial charge in [0.2, 0.25) is 0 Å². The predicted octanol–water partition coefficient (Wildman–Crippen LogP) is 3.04. The van der Waals surface area contributed by atoms with Gasteiger partial charge in [0.05, 0.1) is 0 Å². The van der Waals surface area contributed by atoms with Gasteiger partial charge in [-0.1, -0.05) is 0 Å². The summed E-state index contributed by atoms with van der Waals surface area (Å²) in [4.78, 5) is 32.9. The number of ether oxygens (including phenoxy) is 1. The van der Waals surface area contributed by atoms with Crippen LogP contribution in [0.1, 0.15) is 55.1 Å². The molecular weight excluding hydrogens is 332 g/mol. The maximum atomic E-state index is 12.1. The van der Waals surface area contributed by atoms with Crippen molar-refractivity contribution in [2.24, 2.45) is 0 Å². The Morgan fingerprint density at radius 2 is 2.08 bits per heavy atom. The van der Waals surface area contributed by atoms with Crippen LogP contribution >= 0.6 is 0 Å². The first kappa shape index (κ1) is 18.2. The number of aromatic nitrogens is 2. The first-order valence-corrected chi connectivity index (χ1v) is 9.01. The van der Waals surface area contributed by atoms with Crippen LogP contribution in [-0.2, 0) is 4.74 Å². The van der Waals surface area contributed by atoms with Gasteiger partial charge in [-0.05, 0) is 56.7 Å². The minimum absolute atomic E-state index is 0.0634. The number of rotatable bonds is 4. The molecule has 7 nitrogen and oxygen atoms in total. The highest BCUT2D eigenvalue weighted by Gasteiger charge is 2.29. The summed E-state index contributed by atoms with van der Waals surface area (Å²) in [5.74, 6) is 0.238. The average molecular weight is 358 g/mol. The molecule has 1 fully saturated rings. The van der Waals surface area contributed by atoms with Crippen molar-refractivity contribution in [2.45, 2.75) is 51.2 Å². The molecule has 1 aliphatic rings. The van der Waals surface area contributed by atoms with Gasteiger partial charge in [0.1, 0.15) is 17.4 Å². The van der Waals surface area contributed by atoms with Gasteiger partial charge in [0.25, 0.3) is 5.91 Å². The molecule has 2 amide bonds. The highest BCUT2D eigenvalue weighted by molar-refractivity contribution is 5.97. The van der Waals surface area contributed by atoms with Crippen LogP contribution in [0.15, 0.2) is 18.3 Å². The van der Waals surface area contributed by atoms with Crippen LogP contribution < -0.4 is 5.32 Å². The Bertz CT molecular complexity index is 812. The zero-order valence-corrected chi connectivity index (χ0v) is 15.7. The van der Waals surface area contributed by atoms with Crippen molar-refractivity contribution in [3.8, 4) is 0 Å². The highest BCUT2D eigenvalue weighted by Crippen LogP contribution is 2.36. The lowest BCUT2D eigenvalue weighted by Crippen LogP contribution is -2.33. The quantitative estimate of drug-likeness (QED) is 0.879. The minimum atomic E-state index is -0.350. The molecule has 140 valence electrons. The third kappa shape index (κ3) is 3.98. The fraction of sp³-hybridized carbons (Fsp3) is 0.526. The van der Waals surface area contributed by atoms with Gasteiger partial charge in [-0.15, -0.1) is 0 Å². The summed E-state index contributed by atoms with van der Waals surface area (Å²) in [7, 11) is 3.45. The average Bonchev–Trinajstić information content (AvgIpc) is 3.18. The summed E-state index contributed by atoms with van der Waals surface area (Å²) in [6.07, 6.45) is 4.05. The Balaban J connectivity index is 1.69. The standard InChI is InChI=1S/C19H26N4O3/c1-11(2)21-19(25)26-15-6-5-12(8-15)14-7-13-9-16(18(24)23(3)4)22-17(13)20-10-14/h7,9-12,15H,5-6,8H2,1-4H3,(H,20,22)(H,21,25)/t12-,15+/m0/s1. The molecule has 7 heteroatoms. The largest absolute Gasteiger partial charge is 0.446 e. The fourth-order valence-electron chi connectivity index (χ4n) is 3.38. The number of pyridine rings is 1. The number of carbonyl (C=O) groups is 2. The Kier molecular flexibility index (Phi) is 5.15. The molecule has 0 aromatic carbocycles. The number of fused-ring (bicyclic) bond motifs is 1. The molecule has 2 aromatic rings. The summed E-state index contributed by atoms with van der Waals surface area (Å²) in [5, 5.41) is 3.68. The van der Waals surface area contributed by atoms with Crippen molar-refractivity contribution in [3.05, 3.63) is 29.6 Å². The lowest BCUT2D eigenvalue weighted by atomic mass is 9.99. The lowest BCUT2D eigenvalue weighted by Gasteiger charge is -2.15. The van der Waals surface area contributed by atoms with Gasteiger partial charge in [-0.2, -0.15) is 0 Å². The highest BCUT2D eigenvalue weighted by atomic mass is 16.6. The first-order chi connectivity index (χ1) is 12.3. The summed E-state index contributed by atoms with van der Waals surface area (Å²) >= 11 is 0. The monoisotopic (exact) mass is 358 g/mol. The third-order valence-electron chi connectivity index (χ3n) is 4.66. The van der Waals surface area contributed by atoms with Gasteiger partial charge >= 0.3 is 6.09 Å². The van der Waals surface area contributed by atoms with E-state index in [1.807, 2.05) is 26.1 Å². The molecule has 0 aliphatic heterocycles. The Morgan fingerprint density at radius 1 is 1.31 bits per heavy atom. The number of carbonyl (C=O) groups excluding carboxylic acids is 2. The van der Waals surface area contributed by atoms with E-state index in [2.05, 4.69) is 21.4 Å². The molecule has 1 aliphatic carbocycles. The lowest BCUT2D eigenvalue weighted by molar-refractivity contribution is 0.0822. The molecule has 2 aromatic heterocycles. The number of nitrogens with one attached hydrogen (secondary N) is 2. The maximum absolute atomic E-state index is 12.1. The van der Waals surface area contributed by atoms with E-state index < -0.39 is 0 Å². The summed E-state index contributed by atoms with van der Waals surface area (Å²) in [6, 6.07) is 3.98. The van der Waals surface area contributed by atoms with Crippen LogP contribution in [0, 0.1) is 0 Å². The van der Waals surface area contributed by atoms with Crippen LogP contribution in [0.5, 0.6) is 0 Å². The predicted molar refractivity (Wildman–Crippen MR) is 99.2 cm³/mol. The number of alkyl carbamates (subject to hydrolysis) is 1. The van der Waals surface area contributed by atoms with E-state index in [1.165, 1.54) is 4.90 Å². The summed E-state index contributed by atoms with van der Waals surface area (Å²) in [5.41, 5.74) is 2.37.